The highest BCUT2D eigenvalue weighted by Gasteiger charge is 2.12. The van der Waals surface area contributed by atoms with Gasteiger partial charge in [-0.15, -0.1) is 0 Å². The zero-order valence-corrected chi connectivity index (χ0v) is 15.1. The molecule has 0 N–H and O–H groups in total. The van der Waals surface area contributed by atoms with Gasteiger partial charge in [0.2, 0.25) is 5.88 Å². The SMILES string of the molecule is O=C(/C=C/c1ccc(Cl)c([N+](=O)[O-])c1)Oc1ccc(Oc2ccccn2)cc1. The van der Waals surface area contributed by atoms with Gasteiger partial charge in [0.05, 0.1) is 4.92 Å². The summed E-state index contributed by atoms with van der Waals surface area (Å²) in [6, 6.07) is 16.0. The van der Waals surface area contributed by atoms with Crippen molar-refractivity contribution >= 4 is 29.3 Å². The van der Waals surface area contributed by atoms with Gasteiger partial charge in [0, 0.05) is 24.4 Å². The van der Waals surface area contributed by atoms with Crippen LogP contribution in [0.3, 0.4) is 0 Å². The summed E-state index contributed by atoms with van der Waals surface area (Å²) in [5, 5.41) is 10.9. The van der Waals surface area contributed by atoms with Crippen LogP contribution in [-0.4, -0.2) is 15.9 Å². The summed E-state index contributed by atoms with van der Waals surface area (Å²) in [6.07, 6.45) is 4.20. The Balaban J connectivity index is 1.61. The molecule has 0 radical (unpaired) electrons. The molecule has 0 atom stereocenters. The fraction of sp³-hybridized carbons (Fsp3) is 0. The number of hydrogen-bond donors (Lipinski definition) is 0. The highest BCUT2D eigenvalue weighted by molar-refractivity contribution is 6.32. The summed E-state index contributed by atoms with van der Waals surface area (Å²) in [4.78, 5) is 26.3. The number of benzene rings is 2. The molecule has 0 aliphatic carbocycles. The third kappa shape index (κ3) is 5.15. The molecule has 7 nitrogen and oxygen atoms in total. The Morgan fingerprint density at radius 1 is 1.07 bits per heavy atom. The molecule has 2 aromatic carbocycles. The molecule has 0 aliphatic heterocycles. The van der Waals surface area contributed by atoms with Crippen LogP contribution in [-0.2, 0) is 4.79 Å². The molecule has 0 saturated heterocycles. The van der Waals surface area contributed by atoms with Crippen molar-refractivity contribution in [2.75, 3.05) is 0 Å². The first-order chi connectivity index (χ1) is 13.5. The second-order valence-electron chi connectivity index (χ2n) is 5.46. The van der Waals surface area contributed by atoms with Crippen LogP contribution in [0.2, 0.25) is 5.02 Å². The topological polar surface area (TPSA) is 91.6 Å². The van der Waals surface area contributed by atoms with E-state index in [2.05, 4.69) is 4.98 Å². The summed E-state index contributed by atoms with van der Waals surface area (Å²) in [7, 11) is 0. The number of hydrogen-bond acceptors (Lipinski definition) is 6. The van der Waals surface area contributed by atoms with E-state index < -0.39 is 10.9 Å². The van der Waals surface area contributed by atoms with E-state index in [1.165, 1.54) is 24.3 Å². The zero-order valence-electron chi connectivity index (χ0n) is 14.3. The van der Waals surface area contributed by atoms with E-state index in [0.29, 0.717) is 22.9 Å². The van der Waals surface area contributed by atoms with E-state index >= 15 is 0 Å². The van der Waals surface area contributed by atoms with Gasteiger partial charge in [-0.3, -0.25) is 10.1 Å². The van der Waals surface area contributed by atoms with Crippen molar-refractivity contribution in [3.8, 4) is 17.4 Å². The molecular weight excluding hydrogens is 384 g/mol. The van der Waals surface area contributed by atoms with E-state index in [4.69, 9.17) is 21.1 Å². The predicted octanol–water partition coefficient (Wildman–Crippen LogP) is 5.05. The number of nitrogens with zero attached hydrogens (tertiary/aromatic N) is 2. The fourth-order valence-corrected chi connectivity index (χ4v) is 2.38. The van der Waals surface area contributed by atoms with Crippen molar-refractivity contribution in [2.45, 2.75) is 0 Å². The highest BCUT2D eigenvalue weighted by Crippen LogP contribution is 2.26. The van der Waals surface area contributed by atoms with Crippen LogP contribution < -0.4 is 9.47 Å². The fourth-order valence-electron chi connectivity index (χ4n) is 2.19. The molecule has 3 rings (SSSR count). The van der Waals surface area contributed by atoms with E-state index in [-0.39, 0.29) is 10.7 Å². The number of nitro groups is 1. The molecule has 0 amide bonds. The van der Waals surface area contributed by atoms with Crippen molar-refractivity contribution in [3.63, 3.8) is 0 Å². The predicted molar refractivity (Wildman–Crippen MR) is 104 cm³/mol. The van der Waals surface area contributed by atoms with Gasteiger partial charge in [-0.25, -0.2) is 9.78 Å². The molecule has 1 aromatic heterocycles. The summed E-state index contributed by atoms with van der Waals surface area (Å²) in [6.45, 7) is 0. The van der Waals surface area contributed by atoms with Crippen LogP contribution in [0.1, 0.15) is 5.56 Å². The monoisotopic (exact) mass is 396 g/mol. The number of carbonyl (C=O) groups is 1. The van der Waals surface area contributed by atoms with Gasteiger partial charge in [-0.05, 0) is 48.0 Å². The average molecular weight is 397 g/mol. The van der Waals surface area contributed by atoms with Crippen molar-refractivity contribution in [3.05, 3.63) is 93.6 Å². The molecule has 0 unspecified atom stereocenters. The van der Waals surface area contributed by atoms with E-state index in [9.17, 15) is 14.9 Å². The van der Waals surface area contributed by atoms with Crippen molar-refractivity contribution in [2.24, 2.45) is 0 Å². The van der Waals surface area contributed by atoms with Gasteiger partial charge in [0.25, 0.3) is 5.69 Å². The summed E-state index contributed by atoms with van der Waals surface area (Å²) in [5.41, 5.74) is 0.216. The molecule has 0 fully saturated rings. The number of aromatic nitrogens is 1. The molecule has 0 saturated carbocycles. The zero-order chi connectivity index (χ0) is 19.9. The lowest BCUT2D eigenvalue weighted by Crippen LogP contribution is -2.03. The Labute approximate surface area is 165 Å². The van der Waals surface area contributed by atoms with Crippen molar-refractivity contribution in [1.82, 2.24) is 4.98 Å². The van der Waals surface area contributed by atoms with Gasteiger partial charge >= 0.3 is 5.97 Å². The molecule has 0 bridgehead atoms. The summed E-state index contributed by atoms with van der Waals surface area (Å²) < 4.78 is 10.7. The quantitative estimate of drug-likeness (QED) is 0.190. The molecule has 3 aromatic rings. The summed E-state index contributed by atoms with van der Waals surface area (Å²) >= 11 is 5.75. The number of carbonyl (C=O) groups excluding carboxylic acids is 1. The summed E-state index contributed by atoms with van der Waals surface area (Å²) in [5.74, 6) is 0.691. The first kappa shape index (κ1) is 19.1. The number of halogens is 1. The van der Waals surface area contributed by atoms with Crippen LogP contribution in [0.4, 0.5) is 5.69 Å². The smallest absolute Gasteiger partial charge is 0.336 e. The van der Waals surface area contributed by atoms with Gasteiger partial charge in [0.1, 0.15) is 16.5 Å². The minimum absolute atomic E-state index is 0.0257. The number of nitro benzene ring substituents is 1. The van der Waals surface area contributed by atoms with Crippen LogP contribution >= 0.6 is 11.6 Å². The first-order valence-corrected chi connectivity index (χ1v) is 8.42. The lowest BCUT2D eigenvalue weighted by atomic mass is 10.2. The van der Waals surface area contributed by atoms with Gasteiger partial charge in [-0.2, -0.15) is 0 Å². The molecule has 0 spiro atoms. The average Bonchev–Trinajstić information content (AvgIpc) is 2.69. The molecule has 8 heteroatoms. The van der Waals surface area contributed by atoms with E-state index in [1.54, 1.807) is 54.7 Å². The third-order valence-corrected chi connectivity index (χ3v) is 3.80. The maximum Gasteiger partial charge on any atom is 0.336 e. The van der Waals surface area contributed by atoms with Crippen LogP contribution in [0.5, 0.6) is 17.4 Å². The van der Waals surface area contributed by atoms with Gasteiger partial charge < -0.3 is 9.47 Å². The van der Waals surface area contributed by atoms with Crippen molar-refractivity contribution < 1.29 is 19.2 Å². The normalized spacial score (nSPS) is 10.6. The largest absolute Gasteiger partial charge is 0.439 e. The Kier molecular flexibility index (Phi) is 5.98. The van der Waals surface area contributed by atoms with Crippen LogP contribution in [0, 0.1) is 10.1 Å². The van der Waals surface area contributed by atoms with Gasteiger partial charge in [0.15, 0.2) is 0 Å². The maximum atomic E-state index is 11.9. The first-order valence-electron chi connectivity index (χ1n) is 8.04. The van der Waals surface area contributed by atoms with E-state index in [0.717, 1.165) is 0 Å². The Hall–Kier alpha value is -3.71. The molecular formula is C20H13ClN2O5. The van der Waals surface area contributed by atoms with Crippen LogP contribution in [0.25, 0.3) is 6.08 Å². The Morgan fingerprint density at radius 3 is 2.50 bits per heavy atom. The molecule has 1 heterocycles. The Morgan fingerprint density at radius 2 is 1.82 bits per heavy atom. The number of ether oxygens (including phenoxy) is 2. The second kappa shape index (κ2) is 8.79. The minimum atomic E-state index is -0.629. The number of esters is 1. The molecule has 140 valence electrons. The van der Waals surface area contributed by atoms with Crippen LogP contribution in [0.15, 0.2) is 72.9 Å². The lowest BCUT2D eigenvalue weighted by molar-refractivity contribution is -0.384. The van der Waals surface area contributed by atoms with E-state index in [1.807, 2.05) is 0 Å². The molecule has 0 aliphatic rings. The Bertz CT molecular complexity index is 1020. The number of pyridine rings is 1. The number of rotatable bonds is 6. The third-order valence-electron chi connectivity index (χ3n) is 3.48. The maximum absolute atomic E-state index is 11.9. The highest BCUT2D eigenvalue weighted by atomic mass is 35.5. The van der Waals surface area contributed by atoms with Crippen molar-refractivity contribution in [1.29, 1.82) is 0 Å². The standard InChI is InChI=1S/C20H13ClN2O5/c21-17-10-4-14(13-18(17)23(25)26)5-11-20(24)28-16-8-6-15(7-9-16)27-19-3-1-2-12-22-19/h1-13H/b11-5+. The second-order valence-corrected chi connectivity index (χ2v) is 5.87. The van der Waals surface area contributed by atoms with Gasteiger partial charge in [-0.1, -0.05) is 23.7 Å². The lowest BCUT2D eigenvalue weighted by Gasteiger charge is -2.05. The molecule has 28 heavy (non-hydrogen) atoms. The minimum Gasteiger partial charge on any atom is -0.439 e.